The molecule has 1 heterocycles. The topological polar surface area (TPSA) is 23.5 Å². The minimum Gasteiger partial charge on any atom is -0.396 e. The van der Waals surface area contributed by atoms with Crippen molar-refractivity contribution in [2.24, 2.45) is 0 Å². The molecule has 0 bridgehead atoms. The lowest BCUT2D eigenvalue weighted by molar-refractivity contribution is 0.229. The molecule has 2 heteroatoms. The Morgan fingerprint density at radius 3 is 2.73 bits per heavy atom. The molecular formula is C13H19NO. The van der Waals surface area contributed by atoms with E-state index < -0.39 is 0 Å². The number of unbranched alkanes of at least 4 members (excludes halogenated alkanes) is 1. The average Bonchev–Trinajstić information content (AvgIpc) is 2.29. The van der Waals surface area contributed by atoms with Crippen LogP contribution in [0.4, 0.5) is 0 Å². The highest BCUT2D eigenvalue weighted by atomic mass is 16.2. The van der Waals surface area contributed by atoms with E-state index in [0.29, 0.717) is 6.61 Å². The second kappa shape index (κ2) is 5.29. The molecule has 15 heavy (non-hydrogen) atoms. The monoisotopic (exact) mass is 205 g/mol. The summed E-state index contributed by atoms with van der Waals surface area (Å²) in [5.74, 6) is 0. The van der Waals surface area contributed by atoms with Gasteiger partial charge in [0, 0.05) is 19.7 Å². The smallest absolute Gasteiger partial charge is 0.0431 e. The van der Waals surface area contributed by atoms with Crippen LogP contribution in [0.3, 0.4) is 0 Å². The molecule has 1 aliphatic rings. The van der Waals surface area contributed by atoms with Crippen LogP contribution < -0.4 is 0 Å². The molecule has 0 radical (unpaired) electrons. The largest absolute Gasteiger partial charge is 0.396 e. The SMILES string of the molecule is OCCCCN1CCc2ccccc2C1. The van der Waals surface area contributed by atoms with Crippen molar-refractivity contribution in [2.45, 2.75) is 25.8 Å². The maximum Gasteiger partial charge on any atom is 0.0431 e. The van der Waals surface area contributed by atoms with Gasteiger partial charge in [0.1, 0.15) is 0 Å². The summed E-state index contributed by atoms with van der Waals surface area (Å²) >= 11 is 0. The lowest BCUT2D eigenvalue weighted by Gasteiger charge is -2.28. The zero-order chi connectivity index (χ0) is 10.5. The molecule has 2 nitrogen and oxygen atoms in total. The van der Waals surface area contributed by atoms with E-state index in [1.165, 1.54) is 24.1 Å². The first-order valence-electron chi connectivity index (χ1n) is 5.80. The van der Waals surface area contributed by atoms with Crippen LogP contribution in [0.2, 0.25) is 0 Å². The van der Waals surface area contributed by atoms with Gasteiger partial charge in [0.25, 0.3) is 0 Å². The van der Waals surface area contributed by atoms with Gasteiger partial charge in [-0.2, -0.15) is 0 Å². The highest BCUT2D eigenvalue weighted by Gasteiger charge is 2.14. The number of aliphatic hydroxyl groups is 1. The van der Waals surface area contributed by atoms with Gasteiger partial charge in [-0.3, -0.25) is 4.90 Å². The van der Waals surface area contributed by atoms with Crippen LogP contribution in [0.25, 0.3) is 0 Å². The summed E-state index contributed by atoms with van der Waals surface area (Å²) in [6, 6.07) is 8.71. The van der Waals surface area contributed by atoms with E-state index in [-0.39, 0.29) is 0 Å². The fourth-order valence-electron chi connectivity index (χ4n) is 2.19. The first-order valence-corrected chi connectivity index (χ1v) is 5.80. The number of hydrogen-bond acceptors (Lipinski definition) is 2. The van der Waals surface area contributed by atoms with E-state index >= 15 is 0 Å². The fraction of sp³-hybridized carbons (Fsp3) is 0.538. The van der Waals surface area contributed by atoms with Crippen LogP contribution in [0.15, 0.2) is 24.3 Å². The van der Waals surface area contributed by atoms with Crippen molar-refractivity contribution in [3.05, 3.63) is 35.4 Å². The standard InChI is InChI=1S/C13H19NO/c15-10-4-3-8-14-9-7-12-5-1-2-6-13(12)11-14/h1-2,5-6,15H,3-4,7-11H2. The minimum atomic E-state index is 0.324. The summed E-state index contributed by atoms with van der Waals surface area (Å²) in [7, 11) is 0. The van der Waals surface area contributed by atoms with Crippen LogP contribution in [0.1, 0.15) is 24.0 Å². The zero-order valence-corrected chi connectivity index (χ0v) is 9.15. The lowest BCUT2D eigenvalue weighted by Crippen LogP contribution is -2.31. The molecule has 0 aliphatic carbocycles. The number of hydrogen-bond donors (Lipinski definition) is 1. The molecule has 0 saturated heterocycles. The molecule has 0 saturated carbocycles. The summed E-state index contributed by atoms with van der Waals surface area (Å²) in [5.41, 5.74) is 2.99. The van der Waals surface area contributed by atoms with Crippen LogP contribution in [-0.2, 0) is 13.0 Å². The molecule has 1 aromatic rings. The normalized spacial score (nSPS) is 16.3. The predicted octanol–water partition coefficient (Wildman–Crippen LogP) is 1.82. The van der Waals surface area contributed by atoms with Gasteiger partial charge in [-0.15, -0.1) is 0 Å². The quantitative estimate of drug-likeness (QED) is 0.758. The van der Waals surface area contributed by atoms with E-state index in [4.69, 9.17) is 5.11 Å². The molecule has 1 N–H and O–H groups in total. The van der Waals surface area contributed by atoms with Gasteiger partial charge in [-0.05, 0) is 36.9 Å². The minimum absolute atomic E-state index is 0.324. The molecule has 0 aromatic heterocycles. The van der Waals surface area contributed by atoms with Gasteiger partial charge in [0.15, 0.2) is 0 Å². The summed E-state index contributed by atoms with van der Waals surface area (Å²) < 4.78 is 0. The number of rotatable bonds is 4. The molecule has 1 aliphatic heterocycles. The zero-order valence-electron chi connectivity index (χ0n) is 9.15. The van der Waals surface area contributed by atoms with E-state index in [1.54, 1.807) is 0 Å². The Morgan fingerprint density at radius 1 is 1.13 bits per heavy atom. The average molecular weight is 205 g/mol. The molecule has 0 unspecified atom stereocenters. The van der Waals surface area contributed by atoms with Crippen molar-refractivity contribution < 1.29 is 5.11 Å². The summed E-state index contributed by atoms with van der Waals surface area (Å²) in [5, 5.41) is 8.73. The fourth-order valence-corrected chi connectivity index (χ4v) is 2.19. The lowest BCUT2D eigenvalue weighted by atomic mass is 10.00. The van der Waals surface area contributed by atoms with Gasteiger partial charge < -0.3 is 5.11 Å². The van der Waals surface area contributed by atoms with Crippen molar-refractivity contribution in [1.29, 1.82) is 0 Å². The molecule has 1 aromatic carbocycles. The summed E-state index contributed by atoms with van der Waals surface area (Å²) in [4.78, 5) is 2.48. The van der Waals surface area contributed by atoms with Crippen molar-refractivity contribution in [3.63, 3.8) is 0 Å². The van der Waals surface area contributed by atoms with E-state index in [9.17, 15) is 0 Å². The molecule has 0 amide bonds. The van der Waals surface area contributed by atoms with Gasteiger partial charge >= 0.3 is 0 Å². The van der Waals surface area contributed by atoms with Gasteiger partial charge in [0.05, 0.1) is 0 Å². The number of benzene rings is 1. The number of fused-ring (bicyclic) bond motifs is 1. The van der Waals surface area contributed by atoms with E-state index in [1.807, 2.05) is 0 Å². The maximum atomic E-state index is 8.73. The van der Waals surface area contributed by atoms with Gasteiger partial charge in [-0.1, -0.05) is 24.3 Å². The van der Waals surface area contributed by atoms with Crippen LogP contribution >= 0.6 is 0 Å². The highest BCUT2D eigenvalue weighted by Crippen LogP contribution is 2.18. The van der Waals surface area contributed by atoms with Crippen molar-refractivity contribution in [1.82, 2.24) is 4.90 Å². The van der Waals surface area contributed by atoms with Crippen molar-refractivity contribution in [3.8, 4) is 0 Å². The maximum absolute atomic E-state index is 8.73. The third-order valence-electron chi connectivity index (χ3n) is 3.09. The van der Waals surface area contributed by atoms with E-state index in [0.717, 1.165) is 25.9 Å². The van der Waals surface area contributed by atoms with E-state index in [2.05, 4.69) is 29.2 Å². The third kappa shape index (κ3) is 2.80. The third-order valence-corrected chi connectivity index (χ3v) is 3.09. The summed E-state index contributed by atoms with van der Waals surface area (Å²) in [6.07, 6.45) is 3.21. The Bertz CT molecular complexity index is 311. The second-order valence-corrected chi connectivity index (χ2v) is 4.23. The first kappa shape index (κ1) is 10.7. The Hall–Kier alpha value is -0.860. The van der Waals surface area contributed by atoms with Crippen LogP contribution in [0.5, 0.6) is 0 Å². The summed E-state index contributed by atoms with van der Waals surface area (Å²) in [6.45, 7) is 3.70. The number of nitrogens with zero attached hydrogens (tertiary/aromatic N) is 1. The second-order valence-electron chi connectivity index (χ2n) is 4.23. The molecular weight excluding hydrogens is 186 g/mol. The van der Waals surface area contributed by atoms with Gasteiger partial charge in [-0.25, -0.2) is 0 Å². The van der Waals surface area contributed by atoms with Gasteiger partial charge in [0.2, 0.25) is 0 Å². The Morgan fingerprint density at radius 2 is 1.93 bits per heavy atom. The molecule has 0 spiro atoms. The molecule has 2 rings (SSSR count). The van der Waals surface area contributed by atoms with Crippen molar-refractivity contribution >= 4 is 0 Å². The van der Waals surface area contributed by atoms with Crippen LogP contribution in [-0.4, -0.2) is 29.7 Å². The highest BCUT2D eigenvalue weighted by molar-refractivity contribution is 5.28. The predicted molar refractivity (Wildman–Crippen MR) is 61.7 cm³/mol. The molecule has 82 valence electrons. The first-order chi connectivity index (χ1) is 7.40. The molecule has 0 atom stereocenters. The molecule has 0 fully saturated rings. The Balaban J connectivity index is 1.88. The van der Waals surface area contributed by atoms with Crippen LogP contribution in [0, 0.1) is 0 Å². The number of aliphatic hydroxyl groups excluding tert-OH is 1. The Kier molecular flexibility index (Phi) is 3.75. The van der Waals surface area contributed by atoms with Crippen molar-refractivity contribution in [2.75, 3.05) is 19.7 Å². The Labute approximate surface area is 91.5 Å².